The molecule has 1 fully saturated rings. The van der Waals surface area contributed by atoms with Crippen molar-refractivity contribution in [1.82, 2.24) is 0 Å². The molecule has 0 radical (unpaired) electrons. The van der Waals surface area contributed by atoms with E-state index in [4.69, 9.17) is 4.74 Å². The normalized spacial score (nSPS) is 25.5. The van der Waals surface area contributed by atoms with Crippen molar-refractivity contribution in [2.75, 3.05) is 0 Å². The minimum Gasteiger partial charge on any atom is -0.363 e. The molecule has 2 rings (SSSR count). The van der Waals surface area contributed by atoms with E-state index >= 15 is 0 Å². The van der Waals surface area contributed by atoms with E-state index in [1.54, 1.807) is 0 Å². The molecule has 1 saturated heterocycles. The van der Waals surface area contributed by atoms with Gasteiger partial charge >= 0.3 is 0 Å². The van der Waals surface area contributed by atoms with Crippen molar-refractivity contribution in [3.05, 3.63) is 35.4 Å². The van der Waals surface area contributed by atoms with Crippen LogP contribution in [0.3, 0.4) is 0 Å². The lowest BCUT2D eigenvalue weighted by molar-refractivity contribution is -0.117. The second kappa shape index (κ2) is 4.06. The first-order chi connectivity index (χ1) is 7.22. The number of carbonyl (C=O) groups is 1. The van der Waals surface area contributed by atoms with Gasteiger partial charge in [-0.3, -0.25) is 0 Å². The van der Waals surface area contributed by atoms with Crippen molar-refractivity contribution < 1.29 is 18.3 Å². The molecule has 1 aromatic carbocycles. The summed E-state index contributed by atoms with van der Waals surface area (Å²) in [4.78, 5) is 10.4. The molecule has 1 heterocycles. The van der Waals surface area contributed by atoms with Gasteiger partial charge in [-0.2, -0.15) is 0 Å². The van der Waals surface area contributed by atoms with Gasteiger partial charge in [0.2, 0.25) is 0 Å². The van der Waals surface area contributed by atoms with E-state index in [-0.39, 0.29) is 5.56 Å². The number of aldehydes is 1. The SMILES string of the molecule is O=CC1CCC(c2c(F)cccc2F)O1. The van der Waals surface area contributed by atoms with Crippen LogP contribution in [0.2, 0.25) is 0 Å². The molecular formula is C11H10F2O2. The molecule has 0 N–H and O–H groups in total. The Morgan fingerprint density at radius 3 is 2.47 bits per heavy atom. The second-order valence-electron chi connectivity index (χ2n) is 3.51. The summed E-state index contributed by atoms with van der Waals surface area (Å²) in [6, 6.07) is 3.69. The van der Waals surface area contributed by atoms with Crippen LogP contribution >= 0.6 is 0 Å². The lowest BCUT2D eigenvalue weighted by Crippen LogP contribution is -2.09. The van der Waals surface area contributed by atoms with Crippen LogP contribution in [-0.2, 0) is 9.53 Å². The maximum atomic E-state index is 13.3. The van der Waals surface area contributed by atoms with Crippen LogP contribution < -0.4 is 0 Å². The molecule has 0 aliphatic carbocycles. The van der Waals surface area contributed by atoms with E-state index in [1.807, 2.05) is 0 Å². The highest BCUT2D eigenvalue weighted by atomic mass is 19.1. The largest absolute Gasteiger partial charge is 0.363 e. The molecule has 2 atom stereocenters. The summed E-state index contributed by atoms with van der Waals surface area (Å²) in [5, 5.41) is 0. The van der Waals surface area contributed by atoms with Gasteiger partial charge in [0, 0.05) is 0 Å². The van der Waals surface area contributed by atoms with Crippen LogP contribution in [0.15, 0.2) is 18.2 Å². The van der Waals surface area contributed by atoms with Gasteiger partial charge in [0.15, 0.2) is 0 Å². The van der Waals surface area contributed by atoms with Crippen LogP contribution in [0.4, 0.5) is 8.78 Å². The van der Waals surface area contributed by atoms with Gasteiger partial charge < -0.3 is 9.53 Å². The Kier molecular flexibility index (Phi) is 2.77. The number of hydrogen-bond donors (Lipinski definition) is 0. The quantitative estimate of drug-likeness (QED) is 0.703. The van der Waals surface area contributed by atoms with Crippen molar-refractivity contribution in [2.24, 2.45) is 0 Å². The third-order valence-corrected chi connectivity index (χ3v) is 2.53. The maximum absolute atomic E-state index is 13.3. The van der Waals surface area contributed by atoms with Crippen LogP contribution in [-0.4, -0.2) is 12.4 Å². The summed E-state index contributed by atoms with van der Waals surface area (Å²) < 4.78 is 31.9. The van der Waals surface area contributed by atoms with Crippen LogP contribution in [0.5, 0.6) is 0 Å². The van der Waals surface area contributed by atoms with Gasteiger partial charge in [-0.1, -0.05) is 6.07 Å². The highest BCUT2D eigenvalue weighted by molar-refractivity contribution is 5.56. The first-order valence-electron chi connectivity index (χ1n) is 4.77. The first-order valence-corrected chi connectivity index (χ1v) is 4.77. The van der Waals surface area contributed by atoms with E-state index in [9.17, 15) is 13.6 Å². The number of ether oxygens (including phenoxy) is 1. The van der Waals surface area contributed by atoms with E-state index in [0.717, 1.165) is 0 Å². The fourth-order valence-corrected chi connectivity index (χ4v) is 1.79. The number of hydrogen-bond acceptors (Lipinski definition) is 2. The summed E-state index contributed by atoms with van der Waals surface area (Å²) in [7, 11) is 0. The maximum Gasteiger partial charge on any atom is 0.148 e. The van der Waals surface area contributed by atoms with Crippen molar-refractivity contribution >= 4 is 6.29 Å². The van der Waals surface area contributed by atoms with Crippen molar-refractivity contribution in [3.8, 4) is 0 Å². The van der Waals surface area contributed by atoms with Crippen LogP contribution in [0.1, 0.15) is 24.5 Å². The third kappa shape index (κ3) is 1.90. The number of rotatable bonds is 2. The van der Waals surface area contributed by atoms with Crippen LogP contribution in [0, 0.1) is 11.6 Å². The average Bonchev–Trinajstić information content (AvgIpc) is 2.66. The summed E-state index contributed by atoms with van der Waals surface area (Å²) >= 11 is 0. The van der Waals surface area contributed by atoms with E-state index in [2.05, 4.69) is 0 Å². The molecule has 0 aromatic heterocycles. The van der Waals surface area contributed by atoms with Gasteiger partial charge in [-0.05, 0) is 25.0 Å². The molecule has 15 heavy (non-hydrogen) atoms. The molecule has 0 amide bonds. The van der Waals surface area contributed by atoms with E-state index in [0.29, 0.717) is 19.1 Å². The van der Waals surface area contributed by atoms with Gasteiger partial charge in [-0.25, -0.2) is 8.78 Å². The van der Waals surface area contributed by atoms with Gasteiger partial charge in [0.05, 0.1) is 11.7 Å². The predicted molar refractivity (Wildman–Crippen MR) is 49.3 cm³/mol. The Labute approximate surface area is 85.9 Å². The average molecular weight is 212 g/mol. The molecule has 80 valence electrons. The lowest BCUT2D eigenvalue weighted by Gasteiger charge is -2.12. The van der Waals surface area contributed by atoms with Crippen LogP contribution in [0.25, 0.3) is 0 Å². The molecule has 0 bridgehead atoms. The minimum absolute atomic E-state index is 0.0677. The molecule has 2 unspecified atom stereocenters. The highest BCUT2D eigenvalue weighted by Crippen LogP contribution is 2.34. The molecular weight excluding hydrogens is 202 g/mol. The number of halogens is 2. The first kappa shape index (κ1) is 10.2. The molecule has 1 aliphatic heterocycles. The molecule has 0 spiro atoms. The Hall–Kier alpha value is -1.29. The standard InChI is InChI=1S/C11H10F2O2/c12-8-2-1-3-9(13)11(8)10-5-4-7(6-14)15-10/h1-3,6-7,10H,4-5H2. The lowest BCUT2D eigenvalue weighted by atomic mass is 10.1. The van der Waals surface area contributed by atoms with E-state index in [1.165, 1.54) is 18.2 Å². The van der Waals surface area contributed by atoms with Gasteiger partial charge in [-0.15, -0.1) is 0 Å². The Morgan fingerprint density at radius 1 is 1.27 bits per heavy atom. The van der Waals surface area contributed by atoms with Gasteiger partial charge in [0.1, 0.15) is 24.0 Å². The molecule has 1 aromatic rings. The third-order valence-electron chi connectivity index (χ3n) is 2.53. The molecule has 1 aliphatic rings. The minimum atomic E-state index is -0.638. The van der Waals surface area contributed by atoms with Crippen molar-refractivity contribution in [3.63, 3.8) is 0 Å². The Morgan fingerprint density at radius 2 is 1.93 bits per heavy atom. The number of carbonyl (C=O) groups excluding carboxylic acids is 1. The highest BCUT2D eigenvalue weighted by Gasteiger charge is 2.30. The fraction of sp³-hybridized carbons (Fsp3) is 0.364. The Bertz CT molecular complexity index is 359. The summed E-state index contributed by atoms with van der Waals surface area (Å²) in [6.07, 6.45) is 0.484. The number of benzene rings is 1. The monoisotopic (exact) mass is 212 g/mol. The summed E-state index contributed by atoms with van der Waals surface area (Å²) in [5.41, 5.74) is -0.0677. The van der Waals surface area contributed by atoms with E-state index < -0.39 is 23.8 Å². The zero-order chi connectivity index (χ0) is 10.8. The second-order valence-corrected chi connectivity index (χ2v) is 3.51. The summed E-state index contributed by atoms with van der Waals surface area (Å²) in [6.45, 7) is 0. The molecule has 0 saturated carbocycles. The van der Waals surface area contributed by atoms with Crippen molar-refractivity contribution in [2.45, 2.75) is 25.0 Å². The summed E-state index contributed by atoms with van der Waals surface area (Å²) in [5.74, 6) is -1.24. The predicted octanol–water partition coefficient (Wildman–Crippen LogP) is 2.38. The van der Waals surface area contributed by atoms with Crippen molar-refractivity contribution in [1.29, 1.82) is 0 Å². The smallest absolute Gasteiger partial charge is 0.148 e. The fourth-order valence-electron chi connectivity index (χ4n) is 1.79. The molecule has 4 heteroatoms. The zero-order valence-corrected chi connectivity index (χ0v) is 7.95. The molecule has 2 nitrogen and oxygen atoms in total. The topological polar surface area (TPSA) is 26.3 Å². The zero-order valence-electron chi connectivity index (χ0n) is 7.95. The van der Waals surface area contributed by atoms with Gasteiger partial charge in [0.25, 0.3) is 0 Å². The Balaban J connectivity index is 2.27.